The van der Waals surface area contributed by atoms with Crippen LogP contribution in [-0.2, 0) is 14.1 Å². The molecule has 0 spiro atoms. The first kappa shape index (κ1) is 21.4. The summed E-state index contributed by atoms with van der Waals surface area (Å²) in [7, 11) is -9.29. The first-order chi connectivity index (χ1) is 13.7. The second-order valence-electron chi connectivity index (χ2n) is 6.04. The molecule has 0 aliphatic carbocycles. The van der Waals surface area contributed by atoms with Crippen LogP contribution in [0, 0.1) is 0 Å². The Morgan fingerprint density at radius 1 is 0.690 bits per heavy atom. The Kier molecular flexibility index (Phi) is 6.08. The van der Waals surface area contributed by atoms with E-state index in [9.17, 15) is 26.0 Å². The lowest BCUT2D eigenvalue weighted by Gasteiger charge is -2.25. The SMILES string of the molecule is O=S(=O)(O[P+](c1ccccc1)(c1ccccc1)c1ccccc1)C(F)C(F)(F)F. The predicted molar refractivity (Wildman–Crippen MR) is 106 cm³/mol. The molecule has 0 radical (unpaired) electrons. The maximum atomic E-state index is 13.9. The maximum absolute atomic E-state index is 13.9. The van der Waals surface area contributed by atoms with Crippen LogP contribution >= 0.6 is 7.49 Å². The van der Waals surface area contributed by atoms with Gasteiger partial charge in [0.25, 0.3) is 7.49 Å². The molecule has 3 nitrogen and oxygen atoms in total. The molecule has 3 aromatic rings. The van der Waals surface area contributed by atoms with Gasteiger partial charge < -0.3 is 0 Å². The second-order valence-corrected chi connectivity index (χ2v) is 10.8. The second kappa shape index (κ2) is 8.22. The van der Waals surface area contributed by atoms with Gasteiger partial charge in [0.05, 0.1) is 0 Å². The molecule has 1 unspecified atom stereocenters. The highest BCUT2D eigenvalue weighted by atomic mass is 32.2. The molecule has 9 heteroatoms. The zero-order valence-corrected chi connectivity index (χ0v) is 16.5. The molecule has 0 amide bonds. The van der Waals surface area contributed by atoms with E-state index in [0.717, 1.165) is 0 Å². The van der Waals surface area contributed by atoms with E-state index < -0.39 is 29.3 Å². The van der Waals surface area contributed by atoms with E-state index in [0.29, 0.717) is 15.9 Å². The highest BCUT2D eigenvalue weighted by Gasteiger charge is 2.59. The molecular formula is C20H16F4O3PS+. The lowest BCUT2D eigenvalue weighted by Crippen LogP contribution is -2.39. The smallest absolute Gasteiger partial charge is 0.217 e. The molecule has 152 valence electrons. The Bertz CT molecular complexity index is 947. The summed E-state index contributed by atoms with van der Waals surface area (Å²) >= 11 is 0. The summed E-state index contributed by atoms with van der Waals surface area (Å²) in [5.41, 5.74) is -4.16. The molecule has 3 aromatic carbocycles. The fourth-order valence-corrected chi connectivity index (χ4v) is 8.43. The topological polar surface area (TPSA) is 43.4 Å². The third-order valence-electron chi connectivity index (χ3n) is 4.09. The molecule has 3 rings (SSSR count). The van der Waals surface area contributed by atoms with Gasteiger partial charge in [0.1, 0.15) is 15.9 Å². The summed E-state index contributed by atoms with van der Waals surface area (Å²) in [6, 6.07) is 24.1. The van der Waals surface area contributed by atoms with E-state index in [2.05, 4.69) is 0 Å². The molecule has 0 aromatic heterocycles. The number of hydrogen-bond acceptors (Lipinski definition) is 3. The van der Waals surface area contributed by atoms with Crippen molar-refractivity contribution in [2.45, 2.75) is 11.7 Å². The molecule has 0 N–H and O–H groups in total. The van der Waals surface area contributed by atoms with Gasteiger partial charge in [-0.2, -0.15) is 21.6 Å². The Morgan fingerprint density at radius 3 is 1.28 bits per heavy atom. The van der Waals surface area contributed by atoms with Crippen LogP contribution in [0.3, 0.4) is 0 Å². The predicted octanol–water partition coefficient (Wildman–Crippen LogP) is 4.10. The van der Waals surface area contributed by atoms with Crippen LogP contribution in [0.25, 0.3) is 0 Å². The molecule has 0 aliphatic rings. The van der Waals surface area contributed by atoms with Crippen molar-refractivity contribution in [1.82, 2.24) is 0 Å². The summed E-state index contributed by atoms with van der Waals surface area (Å²) in [6.07, 6.45) is -5.61. The normalized spacial score (nSPS) is 13.8. The fourth-order valence-electron chi connectivity index (χ4n) is 2.85. The lowest BCUT2D eigenvalue weighted by molar-refractivity contribution is -0.157. The molecular weight excluding hydrogens is 427 g/mol. The summed E-state index contributed by atoms with van der Waals surface area (Å²) in [5.74, 6) is 0. The van der Waals surface area contributed by atoms with Crippen LogP contribution in [0.15, 0.2) is 91.0 Å². The first-order valence-corrected chi connectivity index (χ1v) is 11.6. The quantitative estimate of drug-likeness (QED) is 0.426. The maximum Gasteiger partial charge on any atom is 0.436 e. The van der Waals surface area contributed by atoms with Crippen LogP contribution < -0.4 is 15.9 Å². The van der Waals surface area contributed by atoms with Gasteiger partial charge >= 0.3 is 21.8 Å². The monoisotopic (exact) mass is 443 g/mol. The van der Waals surface area contributed by atoms with Gasteiger partial charge in [-0.25, -0.2) is 4.39 Å². The van der Waals surface area contributed by atoms with Crippen molar-refractivity contribution >= 4 is 33.5 Å². The standard InChI is InChI=1S/C20H16F4O3PS/c21-19(20(22,23)24)29(25,26)27-28(16-10-4-1-5-11-16,17-12-6-2-7-13-17)18-14-8-3-9-15-18/h1-15,19H/q+1. The Hall–Kier alpha value is -2.28. The molecule has 0 saturated carbocycles. The minimum atomic E-state index is -5.66. The zero-order chi connectivity index (χ0) is 21.1. The van der Waals surface area contributed by atoms with Crippen LogP contribution in [0.2, 0.25) is 0 Å². The largest absolute Gasteiger partial charge is 0.436 e. The van der Waals surface area contributed by atoms with Crippen LogP contribution in [-0.4, -0.2) is 20.1 Å². The van der Waals surface area contributed by atoms with Gasteiger partial charge in [-0.05, 0) is 36.4 Å². The van der Waals surface area contributed by atoms with Crippen LogP contribution in [0.1, 0.15) is 0 Å². The zero-order valence-electron chi connectivity index (χ0n) is 14.8. The fraction of sp³-hybridized carbons (Fsp3) is 0.100. The van der Waals surface area contributed by atoms with E-state index in [1.807, 2.05) is 0 Å². The highest BCUT2D eigenvalue weighted by molar-refractivity contribution is 8.01. The summed E-state index contributed by atoms with van der Waals surface area (Å²) < 4.78 is 82.8. The van der Waals surface area contributed by atoms with E-state index in [1.54, 1.807) is 91.0 Å². The third-order valence-corrected chi connectivity index (χ3v) is 9.66. The third kappa shape index (κ3) is 4.34. The van der Waals surface area contributed by atoms with E-state index in [4.69, 9.17) is 3.97 Å². The van der Waals surface area contributed by atoms with Crippen molar-refractivity contribution in [1.29, 1.82) is 0 Å². The van der Waals surface area contributed by atoms with Crippen molar-refractivity contribution in [3.8, 4) is 0 Å². The molecule has 0 saturated heterocycles. The first-order valence-electron chi connectivity index (χ1n) is 8.39. The highest BCUT2D eigenvalue weighted by Crippen LogP contribution is 2.58. The van der Waals surface area contributed by atoms with Gasteiger partial charge in [0.15, 0.2) is 0 Å². The van der Waals surface area contributed by atoms with Gasteiger partial charge in [-0.3, -0.25) is 0 Å². The van der Waals surface area contributed by atoms with Crippen molar-refractivity contribution in [3.63, 3.8) is 0 Å². The number of halogens is 4. The molecule has 29 heavy (non-hydrogen) atoms. The average molecular weight is 443 g/mol. The Morgan fingerprint density at radius 2 is 1.00 bits per heavy atom. The number of rotatable bonds is 6. The summed E-state index contributed by atoms with van der Waals surface area (Å²) in [5, 5.41) is 1.03. The van der Waals surface area contributed by atoms with E-state index >= 15 is 0 Å². The van der Waals surface area contributed by atoms with Gasteiger partial charge in [0.2, 0.25) is 0 Å². The van der Waals surface area contributed by atoms with Crippen molar-refractivity contribution in [2.75, 3.05) is 0 Å². The summed E-state index contributed by atoms with van der Waals surface area (Å²) in [4.78, 5) is 0. The molecule has 0 fully saturated rings. The van der Waals surface area contributed by atoms with Gasteiger partial charge in [0, 0.05) is 0 Å². The minimum absolute atomic E-state index is 0.343. The average Bonchev–Trinajstić information content (AvgIpc) is 2.73. The molecule has 0 bridgehead atoms. The number of hydrogen-bond donors (Lipinski definition) is 0. The van der Waals surface area contributed by atoms with Gasteiger partial charge in [-0.15, -0.1) is 0 Å². The number of benzene rings is 3. The molecule has 0 heterocycles. The number of alkyl halides is 4. The Balaban J connectivity index is 2.32. The van der Waals surface area contributed by atoms with Crippen LogP contribution in [0.4, 0.5) is 17.6 Å². The molecule has 1 atom stereocenters. The Labute approximate surface area is 166 Å². The van der Waals surface area contributed by atoms with Crippen molar-refractivity contribution in [2.24, 2.45) is 0 Å². The van der Waals surface area contributed by atoms with E-state index in [1.165, 1.54) is 0 Å². The van der Waals surface area contributed by atoms with Crippen molar-refractivity contribution in [3.05, 3.63) is 91.0 Å². The summed E-state index contributed by atoms with van der Waals surface area (Å²) in [6.45, 7) is 0. The minimum Gasteiger partial charge on any atom is -0.217 e. The van der Waals surface area contributed by atoms with Crippen molar-refractivity contribution < 1.29 is 29.9 Å². The van der Waals surface area contributed by atoms with Crippen LogP contribution in [0.5, 0.6) is 0 Å². The van der Waals surface area contributed by atoms with Gasteiger partial charge in [-0.1, -0.05) is 58.6 Å². The van der Waals surface area contributed by atoms with E-state index in [-0.39, 0.29) is 0 Å². The molecule has 0 aliphatic heterocycles. The lowest BCUT2D eigenvalue weighted by atomic mass is 10.4.